The number of thioether (sulfide) groups is 1. The molecular formula is C16H20ClN5S. The van der Waals surface area contributed by atoms with Gasteiger partial charge < -0.3 is 5.32 Å². The van der Waals surface area contributed by atoms with Crippen LogP contribution in [0.5, 0.6) is 0 Å². The maximum atomic E-state index is 3.96. The van der Waals surface area contributed by atoms with Crippen LogP contribution in [0.3, 0.4) is 0 Å². The maximum Gasteiger partial charge on any atom is 0.209 e. The van der Waals surface area contributed by atoms with Gasteiger partial charge in [0, 0.05) is 19.3 Å². The summed E-state index contributed by atoms with van der Waals surface area (Å²) in [6.45, 7) is 1.89. The maximum absolute atomic E-state index is 3.96. The van der Waals surface area contributed by atoms with Gasteiger partial charge in [0.1, 0.15) is 0 Å². The van der Waals surface area contributed by atoms with E-state index >= 15 is 0 Å². The first kappa shape index (κ1) is 17.7. The van der Waals surface area contributed by atoms with Crippen molar-refractivity contribution in [1.82, 2.24) is 25.5 Å². The van der Waals surface area contributed by atoms with Gasteiger partial charge in [-0.2, -0.15) is 0 Å². The molecule has 23 heavy (non-hydrogen) atoms. The molecule has 0 aliphatic rings. The Balaban J connectivity index is 0.00000192. The summed E-state index contributed by atoms with van der Waals surface area (Å²) in [5.41, 5.74) is 1.35. The van der Waals surface area contributed by atoms with Gasteiger partial charge in [0.05, 0.1) is 0 Å². The van der Waals surface area contributed by atoms with Gasteiger partial charge in [-0.05, 0) is 39.7 Å². The Morgan fingerprint density at radius 2 is 1.96 bits per heavy atom. The first-order valence-electron chi connectivity index (χ1n) is 7.37. The Labute approximate surface area is 146 Å². The number of tetrazole rings is 1. The fourth-order valence-corrected chi connectivity index (χ4v) is 3.16. The van der Waals surface area contributed by atoms with Gasteiger partial charge in [0.25, 0.3) is 0 Å². The van der Waals surface area contributed by atoms with Crippen LogP contribution in [0.15, 0.2) is 47.6 Å². The molecule has 0 bridgehead atoms. The number of aromatic nitrogens is 4. The van der Waals surface area contributed by atoms with Gasteiger partial charge in [-0.1, -0.05) is 54.2 Å². The van der Waals surface area contributed by atoms with E-state index in [1.165, 1.54) is 16.3 Å². The molecule has 1 N–H and O–H groups in total. The van der Waals surface area contributed by atoms with Gasteiger partial charge >= 0.3 is 0 Å². The number of nitrogens with zero attached hydrogens (tertiary/aromatic N) is 4. The molecule has 0 radical (unpaired) electrons. The van der Waals surface area contributed by atoms with Crippen molar-refractivity contribution in [3.8, 4) is 0 Å². The van der Waals surface area contributed by atoms with Gasteiger partial charge in [-0.25, -0.2) is 4.68 Å². The largest absolute Gasteiger partial charge is 0.313 e. The molecular weight excluding hydrogens is 330 g/mol. The summed E-state index contributed by atoms with van der Waals surface area (Å²) in [4.78, 5) is 0. The van der Waals surface area contributed by atoms with Crippen LogP contribution in [-0.4, -0.2) is 32.5 Å². The van der Waals surface area contributed by atoms with Crippen LogP contribution in [0.1, 0.15) is 12.0 Å². The first-order valence-corrected chi connectivity index (χ1v) is 8.35. The lowest BCUT2D eigenvalue weighted by Crippen LogP contribution is -2.15. The summed E-state index contributed by atoms with van der Waals surface area (Å²) in [5, 5.41) is 18.4. The molecule has 0 saturated carbocycles. The van der Waals surface area contributed by atoms with E-state index in [2.05, 4.69) is 63.3 Å². The summed E-state index contributed by atoms with van der Waals surface area (Å²) >= 11 is 1.69. The molecule has 5 nitrogen and oxygen atoms in total. The Morgan fingerprint density at radius 3 is 2.78 bits per heavy atom. The average Bonchev–Trinajstić information content (AvgIpc) is 2.96. The highest BCUT2D eigenvalue weighted by Crippen LogP contribution is 2.18. The monoisotopic (exact) mass is 349 g/mol. The molecule has 1 aromatic heterocycles. The molecule has 7 heteroatoms. The van der Waals surface area contributed by atoms with Crippen molar-refractivity contribution < 1.29 is 0 Å². The summed E-state index contributed by atoms with van der Waals surface area (Å²) in [7, 11) is 1.86. The number of hydrogen-bond acceptors (Lipinski definition) is 5. The van der Waals surface area contributed by atoms with Crippen LogP contribution in [0, 0.1) is 0 Å². The SMILES string of the molecule is Cl.Cn1nnnc1SCCCNCc1cccc2ccccc12. The van der Waals surface area contributed by atoms with Gasteiger partial charge in [-0.15, -0.1) is 17.5 Å². The van der Waals surface area contributed by atoms with Crippen molar-refractivity contribution in [3.63, 3.8) is 0 Å². The van der Waals surface area contributed by atoms with E-state index in [9.17, 15) is 0 Å². The summed E-state index contributed by atoms with van der Waals surface area (Å²) in [6, 6.07) is 15.0. The zero-order valence-corrected chi connectivity index (χ0v) is 14.6. The zero-order chi connectivity index (χ0) is 15.2. The third kappa shape index (κ3) is 4.67. The second-order valence-electron chi connectivity index (χ2n) is 5.10. The van der Waals surface area contributed by atoms with Gasteiger partial charge in [0.2, 0.25) is 5.16 Å². The van der Waals surface area contributed by atoms with E-state index in [0.717, 1.165) is 30.4 Å². The summed E-state index contributed by atoms with van der Waals surface area (Å²) in [5.74, 6) is 1.01. The molecule has 0 aliphatic heterocycles. The predicted molar refractivity (Wildman–Crippen MR) is 97.0 cm³/mol. The molecule has 3 rings (SSSR count). The molecule has 0 unspecified atom stereocenters. The van der Waals surface area contributed by atoms with Crippen LogP contribution in [0.4, 0.5) is 0 Å². The van der Waals surface area contributed by atoms with Crippen LogP contribution < -0.4 is 5.32 Å². The lowest BCUT2D eigenvalue weighted by Gasteiger charge is -2.08. The van der Waals surface area contributed by atoms with Crippen LogP contribution in [0.2, 0.25) is 0 Å². The molecule has 0 aliphatic carbocycles. The van der Waals surface area contributed by atoms with Crippen molar-refractivity contribution in [2.45, 2.75) is 18.1 Å². The third-order valence-electron chi connectivity index (χ3n) is 3.51. The highest BCUT2D eigenvalue weighted by molar-refractivity contribution is 7.99. The highest BCUT2D eigenvalue weighted by Gasteiger charge is 2.02. The number of benzene rings is 2. The van der Waals surface area contributed by atoms with Crippen LogP contribution in [0.25, 0.3) is 10.8 Å². The van der Waals surface area contributed by atoms with Gasteiger partial charge in [0.15, 0.2) is 0 Å². The number of aryl methyl sites for hydroxylation is 1. The molecule has 0 atom stereocenters. The number of halogens is 1. The van der Waals surface area contributed by atoms with Crippen molar-refractivity contribution in [2.75, 3.05) is 12.3 Å². The fraction of sp³-hybridized carbons (Fsp3) is 0.312. The minimum Gasteiger partial charge on any atom is -0.313 e. The van der Waals surface area contributed by atoms with E-state index < -0.39 is 0 Å². The molecule has 3 aromatic rings. The lowest BCUT2D eigenvalue weighted by molar-refractivity contribution is 0.661. The summed E-state index contributed by atoms with van der Waals surface area (Å²) in [6.07, 6.45) is 1.09. The number of rotatable bonds is 7. The predicted octanol–water partition coefficient (Wildman–Crippen LogP) is 3.06. The topological polar surface area (TPSA) is 55.6 Å². The standard InChI is InChI=1S/C16H19N5S.ClH/c1-21-16(18-19-20-21)22-11-5-10-17-12-14-8-4-7-13-6-2-3-9-15(13)14;/h2-4,6-9,17H,5,10-12H2,1H3;1H. The van der Waals surface area contributed by atoms with E-state index in [1.54, 1.807) is 16.4 Å². The second-order valence-corrected chi connectivity index (χ2v) is 6.16. The van der Waals surface area contributed by atoms with E-state index in [1.807, 2.05) is 7.05 Å². The molecule has 122 valence electrons. The lowest BCUT2D eigenvalue weighted by atomic mass is 10.0. The van der Waals surface area contributed by atoms with E-state index in [4.69, 9.17) is 0 Å². The first-order chi connectivity index (χ1) is 10.8. The normalized spacial score (nSPS) is 10.7. The fourth-order valence-electron chi connectivity index (χ4n) is 2.37. The second kappa shape index (κ2) is 8.86. The number of hydrogen-bond donors (Lipinski definition) is 1. The minimum absolute atomic E-state index is 0. The van der Waals surface area contributed by atoms with Crippen LogP contribution >= 0.6 is 24.2 Å². The minimum atomic E-state index is 0. The Morgan fingerprint density at radius 1 is 1.13 bits per heavy atom. The molecule has 2 aromatic carbocycles. The van der Waals surface area contributed by atoms with Crippen molar-refractivity contribution in [1.29, 1.82) is 0 Å². The molecule has 0 saturated heterocycles. The molecule has 1 heterocycles. The Bertz CT molecular complexity index is 741. The van der Waals surface area contributed by atoms with Crippen molar-refractivity contribution in [3.05, 3.63) is 48.0 Å². The molecule has 0 spiro atoms. The highest BCUT2D eigenvalue weighted by atomic mass is 35.5. The van der Waals surface area contributed by atoms with Crippen LogP contribution in [-0.2, 0) is 13.6 Å². The smallest absolute Gasteiger partial charge is 0.209 e. The van der Waals surface area contributed by atoms with E-state index in [0.29, 0.717) is 0 Å². The molecule has 0 amide bonds. The molecule has 0 fully saturated rings. The summed E-state index contributed by atoms with van der Waals surface area (Å²) < 4.78 is 1.70. The van der Waals surface area contributed by atoms with Crippen molar-refractivity contribution >= 4 is 34.9 Å². The average molecular weight is 350 g/mol. The van der Waals surface area contributed by atoms with Crippen molar-refractivity contribution in [2.24, 2.45) is 7.05 Å². The van der Waals surface area contributed by atoms with E-state index in [-0.39, 0.29) is 12.4 Å². The van der Waals surface area contributed by atoms with Gasteiger partial charge in [-0.3, -0.25) is 0 Å². The quantitative estimate of drug-likeness (QED) is 0.525. The zero-order valence-electron chi connectivity index (χ0n) is 13.0. The Hall–Kier alpha value is -1.63. The number of fused-ring (bicyclic) bond motifs is 1. The number of nitrogens with one attached hydrogen (secondary N) is 1. The third-order valence-corrected chi connectivity index (χ3v) is 4.60. The Kier molecular flexibility index (Phi) is 6.83.